The molecule has 0 aromatic heterocycles. The summed E-state index contributed by atoms with van der Waals surface area (Å²) in [5.41, 5.74) is -1.56. The van der Waals surface area contributed by atoms with Crippen molar-refractivity contribution in [2.75, 3.05) is 13.2 Å². The number of ether oxygens (including phenoxy) is 2. The van der Waals surface area contributed by atoms with Crippen LogP contribution < -0.4 is 10.6 Å². The van der Waals surface area contributed by atoms with Gasteiger partial charge in [0.15, 0.2) is 0 Å². The van der Waals surface area contributed by atoms with E-state index in [0.29, 0.717) is 12.8 Å². The van der Waals surface area contributed by atoms with Crippen LogP contribution >= 0.6 is 0 Å². The Bertz CT molecular complexity index is 834. The third-order valence-electron chi connectivity index (χ3n) is 8.60. The molecule has 38 heavy (non-hydrogen) atoms. The number of unbranched alkanes of at least 4 members (excludes halogenated alkanes) is 3. The molecule has 4 fully saturated rings. The van der Waals surface area contributed by atoms with Gasteiger partial charge in [0.1, 0.15) is 0 Å². The molecule has 4 atom stereocenters. The Kier molecular flexibility index (Phi) is 9.02. The molecular weight excluding hydrogens is 488 g/mol. The van der Waals surface area contributed by atoms with Gasteiger partial charge in [-0.1, -0.05) is 25.7 Å². The van der Waals surface area contributed by atoms with Crippen LogP contribution in [0.25, 0.3) is 0 Å². The van der Waals surface area contributed by atoms with E-state index in [-0.39, 0.29) is 49.2 Å². The van der Waals surface area contributed by atoms with Gasteiger partial charge in [-0.15, -0.1) is 0 Å². The van der Waals surface area contributed by atoms with Gasteiger partial charge in [-0.3, -0.25) is 20.2 Å². The van der Waals surface area contributed by atoms with Gasteiger partial charge in [0.05, 0.1) is 36.4 Å². The molecule has 0 bridgehead atoms. The van der Waals surface area contributed by atoms with Crippen LogP contribution in [0.1, 0.15) is 105 Å². The number of piperazine rings is 2. The number of hydrogen-bond donors (Lipinski definition) is 2. The zero-order valence-corrected chi connectivity index (χ0v) is 23.6. The third kappa shape index (κ3) is 6.17. The average molecular weight is 535 g/mol. The van der Waals surface area contributed by atoms with Crippen molar-refractivity contribution in [3.8, 4) is 0 Å². The van der Waals surface area contributed by atoms with Crippen molar-refractivity contribution in [3.05, 3.63) is 0 Å². The maximum Gasteiger partial charge on any atom is 0.416 e. The van der Waals surface area contributed by atoms with Crippen LogP contribution in [0, 0.1) is 0 Å². The minimum absolute atomic E-state index is 0.123. The normalized spacial score (nSPS) is 30.3. The van der Waals surface area contributed by atoms with Crippen LogP contribution in [-0.4, -0.2) is 82.3 Å². The van der Waals surface area contributed by atoms with E-state index in [0.717, 1.165) is 64.2 Å². The Morgan fingerprint density at radius 1 is 0.684 bits per heavy atom. The number of hydrogen-bond acceptors (Lipinski definition) is 8. The summed E-state index contributed by atoms with van der Waals surface area (Å²) in [6.07, 6.45) is 9.62. The van der Waals surface area contributed by atoms with E-state index >= 15 is 0 Å². The lowest BCUT2D eigenvalue weighted by Crippen LogP contribution is -2.71. The van der Waals surface area contributed by atoms with Crippen LogP contribution in [0.15, 0.2) is 0 Å². The molecule has 2 heterocycles. The number of rotatable bonds is 7. The van der Waals surface area contributed by atoms with Crippen LogP contribution in [-0.2, 0) is 19.1 Å². The Morgan fingerprint density at radius 2 is 1.05 bits per heavy atom. The van der Waals surface area contributed by atoms with Crippen molar-refractivity contribution < 1.29 is 28.7 Å². The highest BCUT2D eigenvalue weighted by Gasteiger charge is 2.50. The fourth-order valence-corrected chi connectivity index (χ4v) is 6.58. The lowest BCUT2D eigenvalue weighted by molar-refractivity contribution is -0.145. The van der Waals surface area contributed by atoms with Gasteiger partial charge in [0.25, 0.3) is 11.8 Å². The minimum atomic E-state index is -0.780. The van der Waals surface area contributed by atoms with Crippen molar-refractivity contribution in [2.24, 2.45) is 0 Å². The quantitative estimate of drug-likeness (QED) is 0.473. The van der Waals surface area contributed by atoms with Crippen molar-refractivity contribution >= 4 is 24.0 Å². The molecule has 4 aliphatic rings. The Hall–Kier alpha value is -2.20. The van der Waals surface area contributed by atoms with E-state index in [1.807, 2.05) is 27.7 Å². The van der Waals surface area contributed by atoms with Crippen LogP contribution in [0.3, 0.4) is 0 Å². The molecule has 0 unspecified atom stereocenters. The highest BCUT2D eigenvalue weighted by Crippen LogP contribution is 2.32. The summed E-state index contributed by atoms with van der Waals surface area (Å²) < 4.78 is 11.0. The maximum absolute atomic E-state index is 12.9. The molecule has 2 aliphatic heterocycles. The molecular formula is C28H46N4O6. The molecule has 2 aliphatic carbocycles. The van der Waals surface area contributed by atoms with Crippen molar-refractivity contribution in [2.45, 2.75) is 140 Å². The molecule has 0 aromatic rings. The SMILES string of the molecule is CC1(C)N[C@@H]2CCCC[C@H]2N(C(=O)OCCCCCCOC(=O)N2C(=O)C(C)(C)N[C@@H]3CCCC[C@H]32)C1=O. The number of carbonyl (C=O) groups is 4. The summed E-state index contributed by atoms with van der Waals surface area (Å²) in [4.78, 5) is 54.3. The molecule has 2 N–H and O–H groups in total. The fraction of sp³-hybridized carbons (Fsp3) is 0.857. The average Bonchev–Trinajstić information content (AvgIpc) is 2.86. The largest absolute Gasteiger partial charge is 0.449 e. The predicted molar refractivity (Wildman–Crippen MR) is 141 cm³/mol. The van der Waals surface area contributed by atoms with Gasteiger partial charge in [-0.2, -0.15) is 0 Å². The van der Waals surface area contributed by atoms with Crippen molar-refractivity contribution in [1.82, 2.24) is 20.4 Å². The first-order chi connectivity index (χ1) is 18.0. The predicted octanol–water partition coefficient (Wildman–Crippen LogP) is 3.86. The maximum atomic E-state index is 12.9. The molecule has 10 nitrogen and oxygen atoms in total. The lowest BCUT2D eigenvalue weighted by Gasteiger charge is -2.48. The third-order valence-corrected chi connectivity index (χ3v) is 8.60. The zero-order chi connectivity index (χ0) is 27.5. The summed E-state index contributed by atoms with van der Waals surface area (Å²) in [7, 11) is 0. The van der Waals surface area contributed by atoms with Gasteiger partial charge < -0.3 is 9.47 Å². The van der Waals surface area contributed by atoms with E-state index < -0.39 is 23.3 Å². The lowest BCUT2D eigenvalue weighted by atomic mass is 9.83. The van der Waals surface area contributed by atoms with E-state index in [4.69, 9.17) is 9.47 Å². The first-order valence-electron chi connectivity index (χ1n) is 14.6. The number of nitrogens with one attached hydrogen (secondary N) is 2. The molecule has 0 spiro atoms. The van der Waals surface area contributed by atoms with Crippen LogP contribution in [0.4, 0.5) is 9.59 Å². The molecule has 0 aromatic carbocycles. The molecule has 4 amide bonds. The van der Waals surface area contributed by atoms with E-state index in [1.165, 1.54) is 9.80 Å². The topological polar surface area (TPSA) is 117 Å². The Balaban J connectivity index is 1.15. The smallest absolute Gasteiger partial charge is 0.416 e. The first-order valence-corrected chi connectivity index (χ1v) is 14.6. The number of carbonyl (C=O) groups excluding carboxylic acids is 4. The second-order valence-corrected chi connectivity index (χ2v) is 12.4. The van der Waals surface area contributed by atoms with E-state index in [2.05, 4.69) is 10.6 Å². The van der Waals surface area contributed by atoms with Gasteiger partial charge in [0, 0.05) is 12.1 Å². The molecule has 2 saturated carbocycles. The number of imide groups is 2. The summed E-state index contributed by atoms with van der Waals surface area (Å²) in [6, 6.07) is -0.0245. The standard InChI is InChI=1S/C28H46N4O6/c1-27(2)23(33)31(21-15-9-7-13-19(21)29-27)25(35)37-17-11-5-6-12-18-38-26(36)32-22-16-10-8-14-20(22)30-28(3,4)24(32)34/h19-22,29-30H,5-18H2,1-4H3/t19-,20-,21-,22-/m1/s1. The zero-order valence-electron chi connectivity index (χ0n) is 23.6. The van der Waals surface area contributed by atoms with E-state index in [9.17, 15) is 19.2 Å². The van der Waals surface area contributed by atoms with Crippen molar-refractivity contribution in [1.29, 1.82) is 0 Å². The Labute approximate surface area is 226 Å². The van der Waals surface area contributed by atoms with Crippen LogP contribution in [0.5, 0.6) is 0 Å². The van der Waals surface area contributed by atoms with Gasteiger partial charge >= 0.3 is 12.2 Å². The van der Waals surface area contributed by atoms with Gasteiger partial charge in [0.2, 0.25) is 0 Å². The fourth-order valence-electron chi connectivity index (χ4n) is 6.58. The van der Waals surface area contributed by atoms with Crippen molar-refractivity contribution in [3.63, 3.8) is 0 Å². The number of nitrogens with zero attached hydrogens (tertiary/aromatic N) is 2. The monoisotopic (exact) mass is 534 g/mol. The second-order valence-electron chi connectivity index (χ2n) is 12.4. The summed E-state index contributed by atoms with van der Waals surface area (Å²) >= 11 is 0. The highest BCUT2D eigenvalue weighted by molar-refractivity contribution is 5.99. The number of amides is 4. The Morgan fingerprint density at radius 3 is 1.45 bits per heavy atom. The number of fused-ring (bicyclic) bond motifs is 2. The summed E-state index contributed by atoms with van der Waals surface area (Å²) in [5.74, 6) is -0.447. The van der Waals surface area contributed by atoms with Crippen LogP contribution in [0.2, 0.25) is 0 Å². The molecule has 10 heteroatoms. The van der Waals surface area contributed by atoms with Gasteiger partial charge in [-0.05, 0) is 79.1 Å². The minimum Gasteiger partial charge on any atom is -0.449 e. The highest BCUT2D eigenvalue weighted by atomic mass is 16.6. The second kappa shape index (κ2) is 11.9. The molecule has 0 radical (unpaired) electrons. The summed E-state index contributed by atoms with van der Waals surface area (Å²) in [5, 5.41) is 6.83. The molecule has 2 saturated heterocycles. The summed E-state index contributed by atoms with van der Waals surface area (Å²) in [6.45, 7) is 7.78. The molecule has 4 rings (SSSR count). The molecule has 214 valence electrons. The van der Waals surface area contributed by atoms with E-state index in [1.54, 1.807) is 0 Å². The van der Waals surface area contributed by atoms with Gasteiger partial charge in [-0.25, -0.2) is 19.4 Å². The first kappa shape index (κ1) is 28.8.